The summed E-state index contributed by atoms with van der Waals surface area (Å²) in [6, 6.07) is 6.01. The number of para-hydroxylation sites is 1. The molecule has 84 valence electrons. The summed E-state index contributed by atoms with van der Waals surface area (Å²) >= 11 is 0. The Bertz CT molecular complexity index is 443. The van der Waals surface area contributed by atoms with Crippen molar-refractivity contribution < 1.29 is 19.8 Å². The first-order chi connectivity index (χ1) is 7.61. The molecule has 1 aromatic carbocycles. The van der Waals surface area contributed by atoms with Gasteiger partial charge in [-0.3, -0.25) is 4.90 Å². The fraction of sp³-hybridized carbons (Fsp3) is 0.273. The van der Waals surface area contributed by atoms with E-state index in [1.165, 1.54) is 0 Å². The number of carboxylic acids is 1. The fourth-order valence-electron chi connectivity index (χ4n) is 2.02. The summed E-state index contributed by atoms with van der Waals surface area (Å²) in [5.41, 5.74) is 1.36. The molecule has 1 atom stereocenters. The van der Waals surface area contributed by atoms with E-state index in [9.17, 15) is 9.59 Å². The molecule has 1 heterocycles. The van der Waals surface area contributed by atoms with E-state index in [1.807, 2.05) is 12.1 Å². The van der Waals surface area contributed by atoms with Gasteiger partial charge >= 0.3 is 12.1 Å². The molecule has 1 unspecified atom stereocenters. The lowest BCUT2D eigenvalue weighted by Gasteiger charge is -2.32. The fourth-order valence-corrected chi connectivity index (χ4v) is 2.02. The largest absolute Gasteiger partial charge is 0.480 e. The van der Waals surface area contributed by atoms with Crippen LogP contribution in [-0.4, -0.2) is 28.3 Å². The second-order valence-electron chi connectivity index (χ2n) is 3.67. The number of carboxylic acid groups (broad SMARTS) is 2. The van der Waals surface area contributed by atoms with Gasteiger partial charge in [0.25, 0.3) is 0 Å². The third kappa shape index (κ3) is 1.60. The number of benzene rings is 1. The summed E-state index contributed by atoms with van der Waals surface area (Å²) in [5, 5.41) is 18.0. The molecule has 5 nitrogen and oxygen atoms in total. The molecule has 0 saturated heterocycles. The van der Waals surface area contributed by atoms with Crippen LogP contribution in [0.5, 0.6) is 0 Å². The molecule has 0 spiro atoms. The molecule has 0 saturated carbocycles. The molecule has 1 aromatic rings. The molecular weight excluding hydrogens is 210 g/mol. The van der Waals surface area contributed by atoms with Crippen molar-refractivity contribution in [2.75, 3.05) is 4.90 Å². The van der Waals surface area contributed by atoms with E-state index >= 15 is 0 Å². The highest BCUT2D eigenvalue weighted by Crippen LogP contribution is 2.30. The van der Waals surface area contributed by atoms with Crippen molar-refractivity contribution in [2.45, 2.75) is 18.9 Å². The second kappa shape index (κ2) is 3.84. The van der Waals surface area contributed by atoms with Crippen LogP contribution in [0.1, 0.15) is 12.0 Å². The first kappa shape index (κ1) is 10.5. The number of aliphatic carboxylic acids is 1. The number of anilines is 1. The summed E-state index contributed by atoms with van der Waals surface area (Å²) in [4.78, 5) is 23.0. The van der Waals surface area contributed by atoms with Gasteiger partial charge < -0.3 is 10.2 Å². The number of nitrogens with zero attached hydrogens (tertiary/aromatic N) is 1. The van der Waals surface area contributed by atoms with Crippen LogP contribution in [0.25, 0.3) is 0 Å². The number of hydrogen-bond donors (Lipinski definition) is 2. The highest BCUT2D eigenvalue weighted by Gasteiger charge is 2.35. The van der Waals surface area contributed by atoms with E-state index in [0.717, 1.165) is 10.5 Å². The van der Waals surface area contributed by atoms with Crippen molar-refractivity contribution in [1.82, 2.24) is 0 Å². The summed E-state index contributed by atoms with van der Waals surface area (Å²) in [6.45, 7) is 0. The van der Waals surface area contributed by atoms with Gasteiger partial charge in [0.15, 0.2) is 0 Å². The van der Waals surface area contributed by atoms with E-state index in [-0.39, 0.29) is 0 Å². The van der Waals surface area contributed by atoms with Crippen molar-refractivity contribution >= 4 is 17.7 Å². The number of rotatable bonds is 1. The smallest absolute Gasteiger partial charge is 0.412 e. The molecule has 1 amide bonds. The van der Waals surface area contributed by atoms with Gasteiger partial charge in [-0.2, -0.15) is 0 Å². The molecule has 2 rings (SSSR count). The lowest BCUT2D eigenvalue weighted by atomic mass is 9.96. The van der Waals surface area contributed by atoms with E-state index < -0.39 is 18.1 Å². The highest BCUT2D eigenvalue weighted by atomic mass is 16.4. The molecule has 16 heavy (non-hydrogen) atoms. The molecule has 2 N–H and O–H groups in total. The molecule has 0 bridgehead atoms. The van der Waals surface area contributed by atoms with Crippen LogP contribution >= 0.6 is 0 Å². The van der Waals surface area contributed by atoms with Crippen LogP contribution in [0, 0.1) is 0 Å². The Hall–Kier alpha value is -2.04. The minimum Gasteiger partial charge on any atom is -0.480 e. The van der Waals surface area contributed by atoms with E-state index in [2.05, 4.69) is 0 Å². The number of aryl methyl sites for hydroxylation is 1. The molecular formula is C11H11NO4. The second-order valence-corrected chi connectivity index (χ2v) is 3.67. The molecule has 1 aliphatic heterocycles. The average molecular weight is 221 g/mol. The van der Waals surface area contributed by atoms with Gasteiger partial charge in [0.2, 0.25) is 0 Å². The zero-order valence-corrected chi connectivity index (χ0v) is 8.46. The van der Waals surface area contributed by atoms with Gasteiger partial charge in [-0.1, -0.05) is 18.2 Å². The van der Waals surface area contributed by atoms with E-state index in [4.69, 9.17) is 10.2 Å². The Morgan fingerprint density at radius 2 is 1.94 bits per heavy atom. The quantitative estimate of drug-likeness (QED) is 0.754. The van der Waals surface area contributed by atoms with Gasteiger partial charge in [0.1, 0.15) is 6.04 Å². The maximum absolute atomic E-state index is 11.1. The molecule has 0 aromatic heterocycles. The molecule has 5 heteroatoms. The summed E-state index contributed by atoms with van der Waals surface area (Å²) < 4.78 is 0. The summed E-state index contributed by atoms with van der Waals surface area (Å²) in [7, 11) is 0. The number of fused-ring (bicyclic) bond motifs is 1. The van der Waals surface area contributed by atoms with Crippen molar-refractivity contribution in [3.8, 4) is 0 Å². The SMILES string of the molecule is O=C(O)C1CCc2ccccc2N1C(=O)O. The van der Waals surface area contributed by atoms with Crippen molar-refractivity contribution in [3.05, 3.63) is 29.8 Å². The van der Waals surface area contributed by atoms with Crippen molar-refractivity contribution in [3.63, 3.8) is 0 Å². The summed E-state index contributed by atoms with van der Waals surface area (Å²) in [6.07, 6.45) is -0.310. The minimum absolute atomic E-state index is 0.318. The number of hydrogen-bond acceptors (Lipinski definition) is 2. The standard InChI is InChI=1S/C11H11NO4/c13-10(14)9-6-5-7-3-1-2-4-8(7)12(9)11(15)16/h1-4,9H,5-6H2,(H,13,14)(H,15,16). The van der Waals surface area contributed by atoms with Gasteiger partial charge in [0, 0.05) is 0 Å². The third-order valence-electron chi connectivity index (χ3n) is 2.74. The van der Waals surface area contributed by atoms with Crippen LogP contribution < -0.4 is 4.90 Å². The van der Waals surface area contributed by atoms with E-state index in [0.29, 0.717) is 18.5 Å². The minimum atomic E-state index is -1.22. The Morgan fingerprint density at radius 1 is 1.25 bits per heavy atom. The zero-order valence-electron chi connectivity index (χ0n) is 8.46. The van der Waals surface area contributed by atoms with Crippen molar-refractivity contribution in [2.24, 2.45) is 0 Å². The average Bonchev–Trinajstić information content (AvgIpc) is 2.27. The van der Waals surface area contributed by atoms with Crippen LogP contribution in [-0.2, 0) is 11.2 Å². The predicted octanol–water partition coefficient (Wildman–Crippen LogP) is 1.57. The van der Waals surface area contributed by atoms with Gasteiger partial charge in [-0.25, -0.2) is 9.59 Å². The Labute approximate surface area is 91.9 Å². The lowest BCUT2D eigenvalue weighted by molar-refractivity contribution is -0.138. The topological polar surface area (TPSA) is 77.8 Å². The summed E-state index contributed by atoms with van der Waals surface area (Å²) in [5.74, 6) is -1.10. The highest BCUT2D eigenvalue weighted by molar-refractivity contribution is 5.95. The Morgan fingerprint density at radius 3 is 2.56 bits per heavy atom. The molecule has 0 aliphatic carbocycles. The first-order valence-corrected chi connectivity index (χ1v) is 4.94. The maximum Gasteiger partial charge on any atom is 0.412 e. The Kier molecular flexibility index (Phi) is 2.52. The van der Waals surface area contributed by atoms with E-state index in [1.54, 1.807) is 12.1 Å². The molecule has 0 radical (unpaired) electrons. The number of carbonyl (C=O) groups is 2. The van der Waals surface area contributed by atoms with Gasteiger partial charge in [-0.05, 0) is 24.5 Å². The predicted molar refractivity (Wildman–Crippen MR) is 56.7 cm³/mol. The van der Waals surface area contributed by atoms with Gasteiger partial charge in [0.05, 0.1) is 5.69 Å². The monoisotopic (exact) mass is 221 g/mol. The van der Waals surface area contributed by atoms with Crippen LogP contribution in [0.4, 0.5) is 10.5 Å². The number of amides is 1. The van der Waals surface area contributed by atoms with Crippen LogP contribution in [0.2, 0.25) is 0 Å². The third-order valence-corrected chi connectivity index (χ3v) is 2.74. The molecule has 0 fully saturated rings. The van der Waals surface area contributed by atoms with Crippen LogP contribution in [0.15, 0.2) is 24.3 Å². The van der Waals surface area contributed by atoms with Crippen molar-refractivity contribution in [1.29, 1.82) is 0 Å². The van der Waals surface area contributed by atoms with Gasteiger partial charge in [-0.15, -0.1) is 0 Å². The normalized spacial score (nSPS) is 19.0. The molecule has 1 aliphatic rings. The van der Waals surface area contributed by atoms with Crippen LogP contribution in [0.3, 0.4) is 0 Å². The lowest BCUT2D eigenvalue weighted by Crippen LogP contribution is -2.47. The Balaban J connectivity index is 2.47. The zero-order chi connectivity index (χ0) is 11.7. The first-order valence-electron chi connectivity index (χ1n) is 4.94. The maximum atomic E-state index is 11.1.